The Labute approximate surface area is 145 Å². The van der Waals surface area contributed by atoms with Crippen LogP contribution in [-0.2, 0) is 0 Å². The first-order valence-electron chi connectivity index (χ1n) is 8.33. The molecule has 1 aliphatic rings. The minimum absolute atomic E-state index is 0.100. The number of carbonyl (C=O) groups excluding carboxylic acids is 1. The summed E-state index contributed by atoms with van der Waals surface area (Å²) in [5.41, 5.74) is 1.62. The number of nitrogens with one attached hydrogen (secondary N) is 2. The number of hydrogen-bond acceptors (Lipinski definition) is 4. The number of amides is 1. The van der Waals surface area contributed by atoms with Gasteiger partial charge in [0, 0.05) is 24.8 Å². The fourth-order valence-electron chi connectivity index (χ4n) is 3.16. The highest BCUT2D eigenvalue weighted by atomic mass is 19.1. The number of aryl methyl sites for hydroxylation is 1. The van der Waals surface area contributed by atoms with Crippen molar-refractivity contribution in [3.05, 3.63) is 57.3 Å². The summed E-state index contributed by atoms with van der Waals surface area (Å²) in [4.78, 5) is 26.6. The topological polar surface area (TPSA) is 78.1 Å². The summed E-state index contributed by atoms with van der Waals surface area (Å²) in [6.07, 6.45) is 1.70. The van der Waals surface area contributed by atoms with Crippen LogP contribution in [-0.4, -0.2) is 35.2 Å². The van der Waals surface area contributed by atoms with Gasteiger partial charge in [0.2, 0.25) is 0 Å². The molecular weight excluding hydrogens is 323 g/mol. The Balaban J connectivity index is 1.74. The molecule has 7 heteroatoms. The van der Waals surface area contributed by atoms with Gasteiger partial charge in [-0.25, -0.2) is 9.49 Å². The molecule has 2 N–H and O–H groups in total. The van der Waals surface area contributed by atoms with Gasteiger partial charge in [-0.3, -0.25) is 9.59 Å². The van der Waals surface area contributed by atoms with Crippen molar-refractivity contribution < 1.29 is 9.18 Å². The monoisotopic (exact) mass is 344 g/mol. The molecule has 1 amide bonds. The van der Waals surface area contributed by atoms with Crippen LogP contribution < -0.4 is 15.8 Å². The maximum absolute atomic E-state index is 13.4. The summed E-state index contributed by atoms with van der Waals surface area (Å²) >= 11 is 0. The lowest BCUT2D eigenvalue weighted by atomic mass is 10.0. The highest BCUT2D eigenvalue weighted by Gasteiger charge is 2.24. The van der Waals surface area contributed by atoms with Crippen LogP contribution in [0.25, 0.3) is 0 Å². The molecule has 1 aromatic carbocycles. The van der Waals surface area contributed by atoms with Crippen molar-refractivity contribution in [2.24, 2.45) is 0 Å². The Morgan fingerprint density at radius 1 is 1.40 bits per heavy atom. The number of benzene rings is 1. The highest BCUT2D eigenvalue weighted by molar-refractivity contribution is 5.95. The van der Waals surface area contributed by atoms with E-state index in [1.54, 1.807) is 19.9 Å². The molecule has 25 heavy (non-hydrogen) atoms. The van der Waals surface area contributed by atoms with Crippen LogP contribution >= 0.6 is 0 Å². The molecule has 0 aliphatic carbocycles. The van der Waals surface area contributed by atoms with E-state index in [1.165, 1.54) is 12.1 Å². The summed E-state index contributed by atoms with van der Waals surface area (Å²) in [5, 5.41) is 9.15. The molecule has 0 unspecified atom stereocenters. The van der Waals surface area contributed by atoms with E-state index in [-0.39, 0.29) is 17.4 Å². The summed E-state index contributed by atoms with van der Waals surface area (Å²) in [6, 6.07) is 6.33. The molecular formula is C18H21FN4O2. The molecule has 1 fully saturated rings. The number of halogens is 1. The summed E-state index contributed by atoms with van der Waals surface area (Å²) in [6.45, 7) is 4.85. The number of aromatic amines is 1. The molecule has 6 nitrogen and oxygen atoms in total. The second kappa shape index (κ2) is 7.04. The third kappa shape index (κ3) is 3.70. The Morgan fingerprint density at radius 3 is 2.96 bits per heavy atom. The molecule has 0 bridgehead atoms. The Hall–Kier alpha value is -2.70. The van der Waals surface area contributed by atoms with Gasteiger partial charge in [0.25, 0.3) is 11.5 Å². The normalized spacial score (nSPS) is 17.4. The summed E-state index contributed by atoms with van der Waals surface area (Å²) < 4.78 is 13.4. The van der Waals surface area contributed by atoms with E-state index >= 15 is 0 Å². The van der Waals surface area contributed by atoms with E-state index in [9.17, 15) is 14.0 Å². The minimum Gasteiger partial charge on any atom is -0.369 e. The SMILES string of the molecule is Cc1n[nH]c(=O)c(C(=O)N[C@H]2CCCN(c3cccc(F)c3)C2)c1C. The molecule has 0 radical (unpaired) electrons. The zero-order valence-electron chi connectivity index (χ0n) is 14.3. The zero-order chi connectivity index (χ0) is 18.0. The predicted molar refractivity (Wildman–Crippen MR) is 93.4 cm³/mol. The van der Waals surface area contributed by atoms with Crippen LogP contribution in [0.3, 0.4) is 0 Å². The molecule has 1 saturated heterocycles. The maximum atomic E-state index is 13.4. The van der Waals surface area contributed by atoms with Gasteiger partial charge in [0.05, 0.1) is 5.69 Å². The molecule has 1 atom stereocenters. The number of rotatable bonds is 3. The van der Waals surface area contributed by atoms with Crippen LogP contribution in [0, 0.1) is 19.7 Å². The molecule has 0 spiro atoms. The molecule has 132 valence electrons. The molecule has 2 heterocycles. The average molecular weight is 344 g/mol. The Kier molecular flexibility index (Phi) is 4.83. The number of hydrogen-bond donors (Lipinski definition) is 2. The molecule has 1 aromatic heterocycles. The van der Waals surface area contributed by atoms with Gasteiger partial charge in [-0.2, -0.15) is 5.10 Å². The Morgan fingerprint density at radius 2 is 2.20 bits per heavy atom. The first kappa shape index (κ1) is 17.1. The van der Waals surface area contributed by atoms with Crippen LogP contribution in [0.4, 0.5) is 10.1 Å². The lowest BCUT2D eigenvalue weighted by molar-refractivity contribution is 0.0930. The first-order valence-corrected chi connectivity index (χ1v) is 8.33. The van der Waals surface area contributed by atoms with Crippen LogP contribution in [0.2, 0.25) is 0 Å². The van der Waals surface area contributed by atoms with Gasteiger partial charge in [0.1, 0.15) is 11.4 Å². The summed E-state index contributed by atoms with van der Waals surface area (Å²) in [7, 11) is 0. The van der Waals surface area contributed by atoms with Crippen molar-refractivity contribution in [1.29, 1.82) is 0 Å². The molecule has 0 saturated carbocycles. The maximum Gasteiger partial charge on any atom is 0.277 e. The number of carbonyl (C=O) groups is 1. The van der Waals surface area contributed by atoms with E-state index in [0.29, 0.717) is 17.8 Å². The third-order valence-corrected chi connectivity index (χ3v) is 4.63. The second-order valence-electron chi connectivity index (χ2n) is 6.38. The van der Waals surface area contributed by atoms with E-state index < -0.39 is 11.5 Å². The Bertz CT molecular complexity index is 849. The van der Waals surface area contributed by atoms with Crippen molar-refractivity contribution in [3.8, 4) is 0 Å². The van der Waals surface area contributed by atoms with Crippen molar-refractivity contribution in [2.45, 2.75) is 32.7 Å². The quantitative estimate of drug-likeness (QED) is 0.892. The van der Waals surface area contributed by atoms with Gasteiger partial charge in [-0.1, -0.05) is 6.07 Å². The van der Waals surface area contributed by atoms with E-state index in [1.807, 2.05) is 11.0 Å². The van der Waals surface area contributed by atoms with Crippen LogP contribution in [0.5, 0.6) is 0 Å². The van der Waals surface area contributed by atoms with Crippen LogP contribution in [0.15, 0.2) is 29.1 Å². The lowest BCUT2D eigenvalue weighted by Crippen LogP contribution is -2.48. The fraction of sp³-hybridized carbons (Fsp3) is 0.389. The smallest absolute Gasteiger partial charge is 0.277 e. The minimum atomic E-state index is -0.488. The predicted octanol–water partition coefficient (Wildman–Crippen LogP) is 1.92. The van der Waals surface area contributed by atoms with Gasteiger partial charge in [-0.15, -0.1) is 0 Å². The van der Waals surface area contributed by atoms with Gasteiger partial charge in [0.15, 0.2) is 0 Å². The third-order valence-electron chi connectivity index (χ3n) is 4.63. The lowest BCUT2D eigenvalue weighted by Gasteiger charge is -2.34. The highest BCUT2D eigenvalue weighted by Crippen LogP contribution is 2.21. The molecule has 1 aliphatic heterocycles. The average Bonchev–Trinajstić information content (AvgIpc) is 2.59. The van der Waals surface area contributed by atoms with Gasteiger partial charge < -0.3 is 10.2 Å². The van der Waals surface area contributed by atoms with E-state index in [2.05, 4.69) is 15.5 Å². The molecule has 2 aromatic rings. The largest absolute Gasteiger partial charge is 0.369 e. The van der Waals surface area contributed by atoms with E-state index in [0.717, 1.165) is 25.1 Å². The molecule has 3 rings (SSSR count). The second-order valence-corrected chi connectivity index (χ2v) is 6.38. The zero-order valence-corrected chi connectivity index (χ0v) is 14.3. The van der Waals surface area contributed by atoms with Gasteiger partial charge in [-0.05, 0) is 50.5 Å². The van der Waals surface area contributed by atoms with Crippen molar-refractivity contribution in [2.75, 3.05) is 18.0 Å². The van der Waals surface area contributed by atoms with Crippen molar-refractivity contribution in [3.63, 3.8) is 0 Å². The number of anilines is 1. The van der Waals surface area contributed by atoms with Gasteiger partial charge >= 0.3 is 0 Å². The standard InChI is InChI=1S/C18H21FN4O2/c1-11-12(2)21-22-18(25)16(11)17(24)20-14-6-4-8-23(10-14)15-7-3-5-13(19)9-15/h3,5,7,9,14H,4,6,8,10H2,1-2H3,(H,20,24)(H,22,25)/t14-/m0/s1. The number of H-pyrrole nitrogens is 1. The first-order chi connectivity index (χ1) is 12.0. The van der Waals surface area contributed by atoms with E-state index in [4.69, 9.17) is 0 Å². The van der Waals surface area contributed by atoms with Crippen molar-refractivity contribution >= 4 is 11.6 Å². The van der Waals surface area contributed by atoms with Crippen molar-refractivity contribution in [1.82, 2.24) is 15.5 Å². The number of piperidine rings is 1. The number of nitrogens with zero attached hydrogens (tertiary/aromatic N) is 2. The van der Waals surface area contributed by atoms with Crippen LogP contribution in [0.1, 0.15) is 34.5 Å². The number of aromatic nitrogens is 2. The fourth-order valence-corrected chi connectivity index (χ4v) is 3.16. The summed E-state index contributed by atoms with van der Waals surface area (Å²) in [5.74, 6) is -0.673.